The maximum atomic E-state index is 12.7. The number of aliphatic carboxylic acids is 1. The van der Waals surface area contributed by atoms with Gasteiger partial charge in [-0.25, -0.2) is 4.79 Å². The standard InChI is InChI=1S/C19H13BrClNO5S/c20-13-5-6-15(27-10-17(23)24)12(7-13)8-16-18(25)22(19(26)28-16)9-11-3-1-2-4-14(11)21/h1-8H,9-10H2,(H,23,24). The minimum absolute atomic E-state index is 0.0720. The number of imide groups is 1. The summed E-state index contributed by atoms with van der Waals surface area (Å²) >= 11 is 10.3. The van der Waals surface area contributed by atoms with Crippen LogP contribution in [0.25, 0.3) is 6.08 Å². The van der Waals surface area contributed by atoms with Crippen molar-refractivity contribution in [3.63, 3.8) is 0 Å². The van der Waals surface area contributed by atoms with Gasteiger partial charge in [0.1, 0.15) is 5.75 Å². The number of benzene rings is 2. The van der Waals surface area contributed by atoms with Crippen LogP contribution in [0.15, 0.2) is 51.8 Å². The second-order valence-electron chi connectivity index (χ2n) is 5.72. The monoisotopic (exact) mass is 481 g/mol. The SMILES string of the molecule is O=C(O)COc1ccc(Br)cc1C=C1SC(=O)N(Cc2ccccc2Cl)C1=O. The number of carbonyl (C=O) groups is 3. The van der Waals surface area contributed by atoms with Gasteiger partial charge in [-0.2, -0.15) is 0 Å². The van der Waals surface area contributed by atoms with Crippen LogP contribution in [0, 0.1) is 0 Å². The number of amides is 2. The van der Waals surface area contributed by atoms with Crippen LogP contribution >= 0.6 is 39.3 Å². The highest BCUT2D eigenvalue weighted by molar-refractivity contribution is 9.10. The molecule has 28 heavy (non-hydrogen) atoms. The number of hydrogen-bond donors (Lipinski definition) is 1. The molecule has 6 nitrogen and oxygen atoms in total. The zero-order valence-electron chi connectivity index (χ0n) is 14.2. The largest absolute Gasteiger partial charge is 0.481 e. The lowest BCUT2D eigenvalue weighted by molar-refractivity contribution is -0.139. The molecule has 0 atom stereocenters. The van der Waals surface area contributed by atoms with E-state index in [2.05, 4.69) is 15.9 Å². The topological polar surface area (TPSA) is 83.9 Å². The lowest BCUT2D eigenvalue weighted by atomic mass is 10.1. The van der Waals surface area contributed by atoms with Gasteiger partial charge in [0.05, 0.1) is 11.4 Å². The number of carboxylic acids is 1. The first kappa shape index (κ1) is 20.4. The van der Waals surface area contributed by atoms with Crippen LogP contribution in [0.1, 0.15) is 11.1 Å². The summed E-state index contributed by atoms with van der Waals surface area (Å²) in [4.78, 5) is 37.2. The van der Waals surface area contributed by atoms with E-state index in [-0.39, 0.29) is 11.4 Å². The van der Waals surface area contributed by atoms with Crippen molar-refractivity contribution in [2.24, 2.45) is 0 Å². The van der Waals surface area contributed by atoms with Gasteiger partial charge in [0.25, 0.3) is 11.1 Å². The average Bonchev–Trinajstić information content (AvgIpc) is 2.90. The quantitative estimate of drug-likeness (QED) is 0.595. The zero-order chi connectivity index (χ0) is 20.3. The molecule has 144 valence electrons. The number of nitrogens with zero attached hydrogens (tertiary/aromatic N) is 1. The molecule has 0 saturated carbocycles. The lowest BCUT2D eigenvalue weighted by Gasteiger charge is -2.13. The van der Waals surface area contributed by atoms with E-state index in [1.165, 1.54) is 6.08 Å². The first-order chi connectivity index (χ1) is 13.3. The molecule has 1 saturated heterocycles. The first-order valence-corrected chi connectivity index (χ1v) is 9.97. The third kappa shape index (κ3) is 4.76. The minimum Gasteiger partial charge on any atom is -0.481 e. The molecule has 1 heterocycles. The second-order valence-corrected chi connectivity index (χ2v) is 8.04. The Hall–Kier alpha value is -2.29. The summed E-state index contributed by atoms with van der Waals surface area (Å²) < 4.78 is 5.98. The van der Waals surface area contributed by atoms with E-state index < -0.39 is 23.7 Å². The van der Waals surface area contributed by atoms with Gasteiger partial charge in [-0.1, -0.05) is 45.7 Å². The first-order valence-electron chi connectivity index (χ1n) is 7.98. The van der Waals surface area contributed by atoms with Gasteiger partial charge in [0.15, 0.2) is 6.61 Å². The predicted octanol–water partition coefficient (Wildman–Crippen LogP) is 4.80. The number of carbonyl (C=O) groups excluding carboxylic acids is 2. The number of thioether (sulfide) groups is 1. The van der Waals surface area contributed by atoms with Crippen LogP contribution in [0.4, 0.5) is 4.79 Å². The number of hydrogen-bond acceptors (Lipinski definition) is 5. The minimum atomic E-state index is -1.12. The molecule has 0 radical (unpaired) electrons. The third-order valence-electron chi connectivity index (χ3n) is 3.77. The van der Waals surface area contributed by atoms with Crippen molar-refractivity contribution in [2.45, 2.75) is 6.54 Å². The lowest BCUT2D eigenvalue weighted by Crippen LogP contribution is -2.27. The van der Waals surface area contributed by atoms with Gasteiger partial charge in [-0.15, -0.1) is 0 Å². The van der Waals surface area contributed by atoms with Crippen LogP contribution < -0.4 is 4.74 Å². The van der Waals surface area contributed by atoms with Gasteiger partial charge >= 0.3 is 5.97 Å². The second kappa shape index (κ2) is 8.81. The van der Waals surface area contributed by atoms with Crippen molar-refractivity contribution in [1.29, 1.82) is 0 Å². The normalized spacial score (nSPS) is 15.4. The van der Waals surface area contributed by atoms with Gasteiger partial charge in [-0.3, -0.25) is 14.5 Å². The summed E-state index contributed by atoms with van der Waals surface area (Å²) in [5, 5.41) is 8.88. The van der Waals surface area contributed by atoms with E-state index in [9.17, 15) is 14.4 Å². The fourth-order valence-electron chi connectivity index (χ4n) is 2.48. The Morgan fingerprint density at radius 3 is 2.71 bits per heavy atom. The molecule has 1 aliphatic rings. The van der Waals surface area contributed by atoms with E-state index in [0.717, 1.165) is 21.1 Å². The number of halogens is 2. The smallest absolute Gasteiger partial charge is 0.341 e. The number of ether oxygens (including phenoxy) is 1. The number of rotatable bonds is 6. The Morgan fingerprint density at radius 2 is 2.00 bits per heavy atom. The summed E-state index contributed by atoms with van der Waals surface area (Å²) in [5.41, 5.74) is 1.15. The molecule has 3 rings (SSSR count). The fraction of sp³-hybridized carbons (Fsp3) is 0.105. The van der Waals surface area contributed by atoms with E-state index in [1.807, 2.05) is 0 Å². The maximum Gasteiger partial charge on any atom is 0.341 e. The van der Waals surface area contributed by atoms with E-state index >= 15 is 0 Å². The summed E-state index contributed by atoms with van der Waals surface area (Å²) in [6, 6.07) is 12.0. The zero-order valence-corrected chi connectivity index (χ0v) is 17.4. The van der Waals surface area contributed by atoms with Gasteiger partial charge in [0, 0.05) is 15.1 Å². The Labute approximate surface area is 178 Å². The Balaban J connectivity index is 1.86. The Bertz CT molecular complexity index is 994. The van der Waals surface area contributed by atoms with Crippen molar-refractivity contribution in [2.75, 3.05) is 6.61 Å². The highest BCUT2D eigenvalue weighted by Gasteiger charge is 2.35. The highest BCUT2D eigenvalue weighted by Crippen LogP contribution is 2.36. The van der Waals surface area contributed by atoms with Crippen LogP contribution in [-0.2, 0) is 16.1 Å². The Morgan fingerprint density at radius 1 is 1.25 bits per heavy atom. The summed E-state index contributed by atoms with van der Waals surface area (Å²) in [5.74, 6) is -1.27. The van der Waals surface area contributed by atoms with Crippen molar-refractivity contribution in [3.8, 4) is 5.75 Å². The van der Waals surface area contributed by atoms with E-state index in [1.54, 1.807) is 42.5 Å². The summed E-state index contributed by atoms with van der Waals surface area (Å²) in [6.07, 6.45) is 1.51. The molecule has 2 aromatic rings. The molecule has 0 aliphatic carbocycles. The van der Waals surface area contributed by atoms with Crippen LogP contribution in [0.2, 0.25) is 5.02 Å². The van der Waals surface area contributed by atoms with E-state index in [4.69, 9.17) is 21.4 Å². The molecule has 2 amide bonds. The van der Waals surface area contributed by atoms with Crippen molar-refractivity contribution < 1.29 is 24.2 Å². The Kier molecular flexibility index (Phi) is 6.43. The fourth-order valence-corrected chi connectivity index (χ4v) is 3.88. The molecule has 2 aromatic carbocycles. The summed E-state index contributed by atoms with van der Waals surface area (Å²) in [6.45, 7) is -0.445. The van der Waals surface area contributed by atoms with Crippen molar-refractivity contribution >= 4 is 62.5 Å². The number of carboxylic acid groups (broad SMARTS) is 1. The molecular weight excluding hydrogens is 470 g/mol. The van der Waals surface area contributed by atoms with Gasteiger partial charge < -0.3 is 9.84 Å². The molecule has 0 aromatic heterocycles. The van der Waals surface area contributed by atoms with E-state index in [0.29, 0.717) is 21.9 Å². The summed E-state index contributed by atoms with van der Waals surface area (Å²) in [7, 11) is 0. The molecule has 1 fully saturated rings. The van der Waals surface area contributed by atoms with Gasteiger partial charge in [-0.05, 0) is 47.7 Å². The molecule has 0 spiro atoms. The molecule has 0 unspecified atom stereocenters. The van der Waals surface area contributed by atoms with Crippen LogP contribution in [0.5, 0.6) is 5.75 Å². The van der Waals surface area contributed by atoms with Crippen LogP contribution in [0.3, 0.4) is 0 Å². The predicted molar refractivity (Wildman–Crippen MR) is 110 cm³/mol. The molecular formula is C19H13BrClNO5S. The maximum absolute atomic E-state index is 12.7. The molecule has 1 N–H and O–H groups in total. The van der Waals surface area contributed by atoms with Crippen molar-refractivity contribution in [3.05, 3.63) is 68.0 Å². The molecule has 9 heteroatoms. The van der Waals surface area contributed by atoms with Crippen LogP contribution in [-0.4, -0.2) is 33.7 Å². The van der Waals surface area contributed by atoms with Gasteiger partial charge in [0.2, 0.25) is 0 Å². The molecule has 1 aliphatic heterocycles. The average molecular weight is 483 g/mol. The molecule has 0 bridgehead atoms. The third-order valence-corrected chi connectivity index (χ3v) is 5.54. The van der Waals surface area contributed by atoms with Crippen molar-refractivity contribution in [1.82, 2.24) is 4.90 Å². The highest BCUT2D eigenvalue weighted by atomic mass is 79.9.